The van der Waals surface area contributed by atoms with Gasteiger partial charge in [-0.15, -0.1) is 0 Å². The molecule has 0 saturated carbocycles. The van der Waals surface area contributed by atoms with Gasteiger partial charge in [0, 0.05) is 10.1 Å². The van der Waals surface area contributed by atoms with Gasteiger partial charge < -0.3 is 10.6 Å². The summed E-state index contributed by atoms with van der Waals surface area (Å²) in [5.74, 6) is -1.71. The second-order valence-corrected chi connectivity index (χ2v) is 5.61. The van der Waals surface area contributed by atoms with Crippen LogP contribution >= 0.6 is 34.8 Å². The van der Waals surface area contributed by atoms with Crippen molar-refractivity contribution < 1.29 is 8.78 Å². The first-order valence-electron chi connectivity index (χ1n) is 5.79. The zero-order valence-corrected chi connectivity index (χ0v) is 13.3. The Kier molecular flexibility index (Phi) is 5.24. The molecule has 20 heavy (non-hydrogen) atoms. The van der Waals surface area contributed by atoms with Gasteiger partial charge in [-0.25, -0.2) is 8.78 Å². The molecule has 0 amide bonds. The van der Waals surface area contributed by atoms with Crippen LogP contribution < -0.4 is 10.6 Å². The van der Waals surface area contributed by atoms with Crippen LogP contribution in [0.3, 0.4) is 0 Å². The van der Waals surface area contributed by atoms with Crippen LogP contribution in [0.15, 0.2) is 42.5 Å². The molecule has 0 aliphatic heterocycles. The summed E-state index contributed by atoms with van der Waals surface area (Å²) in [6.45, 7) is 0.326. The zero-order valence-electron chi connectivity index (χ0n) is 10.3. The minimum absolute atomic E-state index is 0.326. The monoisotopic (exact) mass is 404 g/mol. The van der Waals surface area contributed by atoms with Gasteiger partial charge in [0.25, 0.3) is 0 Å². The Labute approximate surface area is 134 Å². The van der Waals surface area contributed by atoms with Crippen molar-refractivity contribution in [1.82, 2.24) is 5.32 Å². The van der Waals surface area contributed by atoms with Crippen molar-refractivity contribution in [2.75, 3.05) is 5.32 Å². The molecule has 2 nitrogen and oxygen atoms in total. The molecule has 104 valence electrons. The molecule has 0 saturated heterocycles. The molecule has 0 fully saturated rings. The minimum atomic E-state index is -0.860. The summed E-state index contributed by atoms with van der Waals surface area (Å²) in [4.78, 5) is 0. The maximum Gasteiger partial charge on any atom is 0.171 e. The van der Waals surface area contributed by atoms with Gasteiger partial charge >= 0.3 is 0 Å². The highest BCUT2D eigenvalue weighted by Gasteiger charge is 2.04. The van der Waals surface area contributed by atoms with Gasteiger partial charge in [0.15, 0.2) is 16.7 Å². The molecule has 0 aliphatic carbocycles. The van der Waals surface area contributed by atoms with E-state index in [2.05, 4.69) is 33.2 Å². The summed E-state index contributed by atoms with van der Waals surface area (Å²) < 4.78 is 26.9. The molecule has 0 spiro atoms. The molecule has 2 aromatic carbocycles. The van der Waals surface area contributed by atoms with E-state index in [4.69, 9.17) is 12.2 Å². The van der Waals surface area contributed by atoms with Crippen molar-refractivity contribution >= 4 is 45.6 Å². The molecule has 6 heteroatoms. The summed E-state index contributed by atoms with van der Waals surface area (Å²) in [6.07, 6.45) is 0. The highest BCUT2D eigenvalue weighted by molar-refractivity contribution is 14.1. The minimum Gasteiger partial charge on any atom is -0.358 e. The number of anilines is 1. The number of hydrogen-bond donors (Lipinski definition) is 2. The lowest BCUT2D eigenvalue weighted by Crippen LogP contribution is -2.28. The quantitative estimate of drug-likeness (QED) is 0.596. The Bertz CT molecular complexity index is 634. The summed E-state index contributed by atoms with van der Waals surface area (Å²) in [6, 6.07) is 11.5. The molecule has 0 bridgehead atoms. The molecule has 0 unspecified atom stereocenters. The van der Waals surface area contributed by atoms with E-state index >= 15 is 0 Å². The van der Waals surface area contributed by atoms with Gasteiger partial charge in [-0.2, -0.15) is 0 Å². The molecular formula is C14H11F2IN2S. The molecule has 2 N–H and O–H groups in total. The summed E-state index contributed by atoms with van der Waals surface area (Å²) in [5.41, 5.74) is 1.52. The number of para-hydroxylation sites is 1. The first kappa shape index (κ1) is 15.1. The Hall–Kier alpha value is -1.28. The van der Waals surface area contributed by atoms with Gasteiger partial charge in [-0.3, -0.25) is 0 Å². The molecule has 0 aliphatic rings. The molecule has 2 aromatic rings. The Morgan fingerprint density at radius 1 is 1.10 bits per heavy atom. The molecule has 0 radical (unpaired) electrons. The third-order valence-corrected chi connectivity index (χ3v) is 3.75. The van der Waals surface area contributed by atoms with Gasteiger partial charge in [0.1, 0.15) is 0 Å². The van der Waals surface area contributed by atoms with E-state index in [1.54, 1.807) is 0 Å². The van der Waals surface area contributed by atoms with E-state index in [1.807, 2.05) is 24.3 Å². The van der Waals surface area contributed by atoms with Crippen LogP contribution in [0.5, 0.6) is 0 Å². The predicted molar refractivity (Wildman–Crippen MR) is 88.6 cm³/mol. The average Bonchev–Trinajstić information content (AvgIpc) is 2.43. The molecular weight excluding hydrogens is 393 g/mol. The van der Waals surface area contributed by atoms with Gasteiger partial charge in [-0.05, 0) is 64.6 Å². The number of thiocarbonyl (C=S) groups is 1. The Morgan fingerprint density at radius 3 is 2.55 bits per heavy atom. The molecule has 0 heterocycles. The maximum absolute atomic E-state index is 13.1. The van der Waals surface area contributed by atoms with Crippen LogP contribution in [0.4, 0.5) is 14.5 Å². The van der Waals surface area contributed by atoms with Crippen molar-refractivity contribution in [2.24, 2.45) is 0 Å². The fraction of sp³-hybridized carbons (Fsp3) is 0.0714. The standard InChI is InChI=1S/C14H11F2IN2S/c15-10-6-5-9(7-11(10)16)8-18-14(20)19-13-4-2-1-3-12(13)17/h1-7H,8H2,(H2,18,19,20). The second kappa shape index (κ2) is 6.94. The van der Waals surface area contributed by atoms with E-state index < -0.39 is 11.6 Å². The lowest BCUT2D eigenvalue weighted by molar-refractivity contribution is 0.507. The van der Waals surface area contributed by atoms with Crippen molar-refractivity contribution in [3.63, 3.8) is 0 Å². The van der Waals surface area contributed by atoms with E-state index in [-0.39, 0.29) is 0 Å². The molecule has 0 atom stereocenters. The van der Waals surface area contributed by atoms with E-state index in [9.17, 15) is 8.78 Å². The Balaban J connectivity index is 1.92. The van der Waals surface area contributed by atoms with E-state index in [1.165, 1.54) is 6.07 Å². The van der Waals surface area contributed by atoms with Crippen LogP contribution in [0.2, 0.25) is 0 Å². The first-order valence-corrected chi connectivity index (χ1v) is 7.28. The van der Waals surface area contributed by atoms with Gasteiger partial charge in [0.05, 0.1) is 5.69 Å². The van der Waals surface area contributed by atoms with Crippen LogP contribution in [0.1, 0.15) is 5.56 Å². The Morgan fingerprint density at radius 2 is 1.85 bits per heavy atom. The molecule has 2 rings (SSSR count). The fourth-order valence-corrected chi connectivity index (χ4v) is 2.27. The normalized spacial score (nSPS) is 10.2. The molecule has 0 aromatic heterocycles. The summed E-state index contributed by atoms with van der Waals surface area (Å²) in [5, 5.41) is 6.43. The first-order chi connectivity index (χ1) is 9.56. The van der Waals surface area contributed by atoms with Crippen molar-refractivity contribution in [3.05, 3.63) is 63.2 Å². The van der Waals surface area contributed by atoms with Crippen LogP contribution in [-0.2, 0) is 6.54 Å². The number of rotatable bonds is 3. The highest BCUT2D eigenvalue weighted by atomic mass is 127. The maximum atomic E-state index is 13.1. The fourth-order valence-electron chi connectivity index (χ4n) is 1.56. The van der Waals surface area contributed by atoms with E-state index in [0.717, 1.165) is 21.4 Å². The summed E-state index contributed by atoms with van der Waals surface area (Å²) >= 11 is 7.36. The zero-order chi connectivity index (χ0) is 14.5. The number of halogens is 3. The third kappa shape index (κ3) is 4.11. The average molecular weight is 404 g/mol. The topological polar surface area (TPSA) is 24.1 Å². The lowest BCUT2D eigenvalue weighted by atomic mass is 10.2. The number of nitrogens with one attached hydrogen (secondary N) is 2. The summed E-state index contributed by atoms with van der Waals surface area (Å²) in [7, 11) is 0. The number of benzene rings is 2. The second-order valence-electron chi connectivity index (χ2n) is 4.04. The van der Waals surface area contributed by atoms with Crippen molar-refractivity contribution in [2.45, 2.75) is 6.54 Å². The third-order valence-electron chi connectivity index (χ3n) is 2.56. The van der Waals surface area contributed by atoms with Gasteiger partial charge in [0.2, 0.25) is 0 Å². The van der Waals surface area contributed by atoms with Crippen LogP contribution in [-0.4, -0.2) is 5.11 Å². The van der Waals surface area contributed by atoms with Crippen molar-refractivity contribution in [3.8, 4) is 0 Å². The SMILES string of the molecule is Fc1ccc(CNC(=S)Nc2ccccc2I)cc1F. The largest absolute Gasteiger partial charge is 0.358 e. The lowest BCUT2D eigenvalue weighted by Gasteiger charge is -2.12. The highest BCUT2D eigenvalue weighted by Crippen LogP contribution is 2.16. The number of hydrogen-bond acceptors (Lipinski definition) is 1. The van der Waals surface area contributed by atoms with Crippen LogP contribution in [0.25, 0.3) is 0 Å². The predicted octanol–water partition coefficient (Wildman–Crippen LogP) is 4.06. The van der Waals surface area contributed by atoms with Crippen LogP contribution in [0, 0.1) is 15.2 Å². The van der Waals surface area contributed by atoms with Crippen molar-refractivity contribution in [1.29, 1.82) is 0 Å². The smallest absolute Gasteiger partial charge is 0.171 e. The van der Waals surface area contributed by atoms with Gasteiger partial charge in [-0.1, -0.05) is 18.2 Å². The van der Waals surface area contributed by atoms with E-state index in [0.29, 0.717) is 17.2 Å².